The smallest absolute Gasteiger partial charge is 0.229 e. The summed E-state index contributed by atoms with van der Waals surface area (Å²) in [6.45, 7) is 1.61. The molecule has 40 heavy (non-hydrogen) atoms. The molecule has 3 aliphatic carbocycles. The molecule has 2 fully saturated rings. The summed E-state index contributed by atoms with van der Waals surface area (Å²) >= 11 is 1.59. The summed E-state index contributed by atoms with van der Waals surface area (Å²) in [7, 11) is 2.23. The van der Waals surface area contributed by atoms with Gasteiger partial charge in [0, 0.05) is 24.3 Å². The molecular formula is C31H40N6O2S. The largest absolute Gasteiger partial charge is 0.492 e. The molecule has 3 aliphatic rings. The number of carbonyl (C=O) groups excluding carboxylic acids is 1. The molecule has 9 heteroatoms. The van der Waals surface area contributed by atoms with Gasteiger partial charge in [-0.1, -0.05) is 44.3 Å². The molecule has 8 nitrogen and oxygen atoms in total. The van der Waals surface area contributed by atoms with Crippen LogP contribution in [0.15, 0.2) is 47.9 Å². The molecule has 0 radical (unpaired) electrons. The Balaban J connectivity index is 1.07. The van der Waals surface area contributed by atoms with Crippen LogP contribution in [-0.2, 0) is 4.79 Å². The highest BCUT2D eigenvalue weighted by atomic mass is 32.1. The molecule has 4 atom stereocenters. The summed E-state index contributed by atoms with van der Waals surface area (Å²) in [6.07, 6.45) is 14.7. The van der Waals surface area contributed by atoms with Crippen LogP contribution >= 0.6 is 11.3 Å². The fourth-order valence-electron chi connectivity index (χ4n) is 6.71. The zero-order valence-corrected chi connectivity index (χ0v) is 24.0. The van der Waals surface area contributed by atoms with Crippen molar-refractivity contribution in [1.29, 1.82) is 0 Å². The highest BCUT2D eigenvalue weighted by molar-refractivity contribution is 7.17. The van der Waals surface area contributed by atoms with Crippen molar-refractivity contribution in [2.75, 3.05) is 30.8 Å². The maximum atomic E-state index is 12.2. The average Bonchev–Trinajstić information content (AvgIpc) is 3.66. The SMILES string of the molecule is CN(CCOc1ccc(Nc2nc(NC3C4C=CC(C4)C3C(N)=O)c3sccc3n2)cc1)C1CCCCCCC1. The van der Waals surface area contributed by atoms with E-state index in [0.717, 1.165) is 40.4 Å². The Kier molecular flexibility index (Phi) is 8.20. The van der Waals surface area contributed by atoms with Crippen LogP contribution in [0, 0.1) is 17.8 Å². The number of aromatic nitrogens is 2. The first-order valence-corrected chi connectivity index (χ1v) is 15.6. The van der Waals surface area contributed by atoms with E-state index < -0.39 is 0 Å². The molecule has 1 aromatic carbocycles. The molecular weight excluding hydrogens is 520 g/mol. The van der Waals surface area contributed by atoms with E-state index >= 15 is 0 Å². The molecule has 0 spiro atoms. The van der Waals surface area contributed by atoms with E-state index in [1.54, 1.807) is 11.3 Å². The molecule has 4 N–H and O–H groups in total. The van der Waals surface area contributed by atoms with E-state index in [2.05, 4.69) is 34.7 Å². The van der Waals surface area contributed by atoms with E-state index in [1.165, 1.54) is 44.9 Å². The van der Waals surface area contributed by atoms with E-state index in [9.17, 15) is 4.79 Å². The number of anilines is 3. The van der Waals surface area contributed by atoms with E-state index in [-0.39, 0.29) is 29.7 Å². The second kappa shape index (κ2) is 12.1. The second-order valence-electron chi connectivity index (χ2n) is 11.6. The highest BCUT2D eigenvalue weighted by Gasteiger charge is 2.47. The first kappa shape index (κ1) is 27.0. The van der Waals surface area contributed by atoms with Gasteiger partial charge in [-0.3, -0.25) is 4.79 Å². The van der Waals surface area contributed by atoms with Crippen molar-refractivity contribution >= 4 is 44.9 Å². The minimum absolute atomic E-state index is 0.0527. The number of primary amides is 1. The lowest BCUT2D eigenvalue weighted by atomic mass is 9.88. The molecule has 0 aliphatic heterocycles. The Labute approximate surface area is 240 Å². The van der Waals surface area contributed by atoms with Crippen molar-refractivity contribution in [3.8, 4) is 5.75 Å². The molecule has 2 heterocycles. The number of nitrogens with zero attached hydrogens (tertiary/aromatic N) is 3. The molecule has 4 unspecified atom stereocenters. The number of fused-ring (bicyclic) bond motifs is 3. The third-order valence-electron chi connectivity index (χ3n) is 8.92. The molecule has 6 rings (SSSR count). The number of amides is 1. The van der Waals surface area contributed by atoms with Crippen LogP contribution in [0.1, 0.15) is 51.4 Å². The Bertz CT molecular complexity index is 1330. The molecule has 1 amide bonds. The van der Waals surface area contributed by atoms with E-state index in [1.807, 2.05) is 35.7 Å². The zero-order chi connectivity index (χ0) is 27.5. The standard InChI is InChI=1S/C31H40N6O2S/c1-37(23-7-5-3-2-4-6-8-23)16-17-39-24-13-11-22(12-14-24)33-31-34-25-15-18-40-28(25)30(36-31)35-27-21-10-9-20(19-21)26(27)29(32)38/h9-15,18,20-21,23,26-27H,2-8,16-17,19H2,1H3,(H2,32,38)(H2,33,34,35,36). The van der Waals surface area contributed by atoms with E-state index in [4.69, 9.17) is 20.4 Å². The topological polar surface area (TPSA) is 105 Å². The monoisotopic (exact) mass is 560 g/mol. The van der Waals surface area contributed by atoms with Gasteiger partial charge in [0.05, 0.1) is 16.1 Å². The van der Waals surface area contributed by atoms with Gasteiger partial charge in [-0.25, -0.2) is 4.98 Å². The Morgan fingerprint density at radius 3 is 2.58 bits per heavy atom. The lowest BCUT2D eigenvalue weighted by molar-refractivity contribution is -0.122. The molecule has 2 saturated carbocycles. The van der Waals surface area contributed by atoms with Crippen molar-refractivity contribution in [1.82, 2.24) is 14.9 Å². The number of carbonyl (C=O) groups is 1. The fourth-order valence-corrected chi connectivity index (χ4v) is 7.49. The Morgan fingerprint density at radius 1 is 1.05 bits per heavy atom. The number of allylic oxidation sites excluding steroid dienone is 1. The number of benzene rings is 1. The van der Waals surface area contributed by atoms with Crippen LogP contribution in [0.4, 0.5) is 17.5 Å². The van der Waals surface area contributed by atoms with Gasteiger partial charge in [0.1, 0.15) is 18.2 Å². The summed E-state index contributed by atoms with van der Waals surface area (Å²) in [5.41, 5.74) is 7.54. The molecule has 3 aromatic rings. The third-order valence-corrected chi connectivity index (χ3v) is 9.83. The predicted octanol–water partition coefficient (Wildman–Crippen LogP) is 5.95. The van der Waals surface area contributed by atoms with Gasteiger partial charge in [-0.2, -0.15) is 4.98 Å². The number of ether oxygens (including phenoxy) is 1. The van der Waals surface area contributed by atoms with Crippen molar-refractivity contribution in [3.05, 3.63) is 47.9 Å². The fraction of sp³-hybridized carbons (Fsp3) is 0.516. The maximum Gasteiger partial charge on any atom is 0.229 e. The van der Waals surface area contributed by atoms with Gasteiger partial charge in [0.2, 0.25) is 11.9 Å². The van der Waals surface area contributed by atoms with Crippen molar-refractivity contribution < 1.29 is 9.53 Å². The number of hydrogen-bond donors (Lipinski definition) is 3. The summed E-state index contributed by atoms with van der Waals surface area (Å²) in [5, 5.41) is 8.94. The van der Waals surface area contributed by atoms with Gasteiger partial charge in [0.25, 0.3) is 0 Å². The van der Waals surface area contributed by atoms with Gasteiger partial charge >= 0.3 is 0 Å². The molecule has 2 aromatic heterocycles. The minimum atomic E-state index is -0.252. The second-order valence-corrected chi connectivity index (χ2v) is 12.5. The number of nitrogens with two attached hydrogens (primary N) is 1. The van der Waals surface area contributed by atoms with Crippen molar-refractivity contribution in [2.24, 2.45) is 23.5 Å². The molecule has 2 bridgehead atoms. The maximum absolute atomic E-state index is 12.2. The summed E-state index contributed by atoms with van der Waals surface area (Å²) in [6, 6.07) is 10.6. The van der Waals surface area contributed by atoms with Crippen LogP contribution < -0.4 is 21.1 Å². The van der Waals surface area contributed by atoms with Gasteiger partial charge in [-0.05, 0) is 73.9 Å². The van der Waals surface area contributed by atoms with Gasteiger partial charge < -0.3 is 26.0 Å². The number of hydrogen-bond acceptors (Lipinski definition) is 8. The van der Waals surface area contributed by atoms with Crippen molar-refractivity contribution in [2.45, 2.75) is 63.5 Å². The van der Waals surface area contributed by atoms with Gasteiger partial charge in [-0.15, -0.1) is 11.3 Å². The molecule has 212 valence electrons. The van der Waals surface area contributed by atoms with Crippen LogP contribution in [-0.4, -0.2) is 53.1 Å². The lowest BCUT2D eigenvalue weighted by Crippen LogP contribution is -2.41. The highest BCUT2D eigenvalue weighted by Crippen LogP contribution is 2.45. The Morgan fingerprint density at radius 2 is 1.80 bits per heavy atom. The van der Waals surface area contributed by atoms with Gasteiger partial charge in [0.15, 0.2) is 0 Å². The number of thiophene rings is 1. The zero-order valence-electron chi connectivity index (χ0n) is 23.2. The summed E-state index contributed by atoms with van der Waals surface area (Å²) in [5.74, 6) is 2.13. The predicted molar refractivity (Wildman–Crippen MR) is 162 cm³/mol. The van der Waals surface area contributed by atoms with Crippen LogP contribution in [0.2, 0.25) is 0 Å². The van der Waals surface area contributed by atoms with Crippen LogP contribution in [0.25, 0.3) is 10.2 Å². The number of nitrogens with one attached hydrogen (secondary N) is 2. The van der Waals surface area contributed by atoms with E-state index in [0.29, 0.717) is 18.6 Å². The van der Waals surface area contributed by atoms with Crippen LogP contribution in [0.3, 0.4) is 0 Å². The third kappa shape index (κ3) is 5.95. The molecule has 0 saturated heterocycles. The Hall–Kier alpha value is -3.17. The first-order chi connectivity index (χ1) is 19.5. The van der Waals surface area contributed by atoms with Crippen LogP contribution in [0.5, 0.6) is 5.75 Å². The summed E-state index contributed by atoms with van der Waals surface area (Å²) < 4.78 is 7.05. The number of rotatable bonds is 10. The lowest BCUT2D eigenvalue weighted by Gasteiger charge is -2.29. The quantitative estimate of drug-likeness (QED) is 0.263. The van der Waals surface area contributed by atoms with Crippen molar-refractivity contribution in [3.63, 3.8) is 0 Å². The average molecular weight is 561 g/mol. The normalized spacial score (nSPS) is 24.8. The number of likely N-dealkylation sites (N-methyl/N-ethyl adjacent to an activating group) is 1. The summed E-state index contributed by atoms with van der Waals surface area (Å²) in [4.78, 5) is 24.2. The minimum Gasteiger partial charge on any atom is -0.492 e. The first-order valence-electron chi connectivity index (χ1n) is 14.7.